The Morgan fingerprint density at radius 1 is 1.10 bits per heavy atom. The largest absolute Gasteiger partial charge is 0.324 e. The number of anilines is 2. The summed E-state index contributed by atoms with van der Waals surface area (Å²) in [6, 6.07) is 12.9. The molecule has 1 N–H and O–H groups in total. The molecule has 30 heavy (non-hydrogen) atoms. The Hall–Kier alpha value is -2.97. The number of hydrogen-bond acceptors (Lipinski definition) is 5. The first kappa shape index (κ1) is 20.3. The van der Waals surface area contributed by atoms with Crippen molar-refractivity contribution in [1.82, 2.24) is 4.90 Å². The lowest BCUT2D eigenvalue weighted by molar-refractivity contribution is -0.121. The Labute approximate surface area is 183 Å². The molecule has 2 heterocycles. The molecule has 0 aromatic heterocycles. The van der Waals surface area contributed by atoms with Gasteiger partial charge in [0.2, 0.25) is 5.91 Å². The van der Waals surface area contributed by atoms with Crippen molar-refractivity contribution in [2.24, 2.45) is 0 Å². The molecular weight excluding hydrogens is 418 g/mol. The summed E-state index contributed by atoms with van der Waals surface area (Å²) in [5.41, 5.74) is 4.30. The second-order valence-electron chi connectivity index (χ2n) is 7.21. The molecule has 0 saturated carbocycles. The number of hydrogen-bond donors (Lipinski definition) is 1. The molecule has 0 atom stereocenters. The zero-order chi connectivity index (χ0) is 21.6. The molecule has 4 rings (SSSR count). The molecule has 2 aromatic carbocycles. The van der Waals surface area contributed by atoms with Gasteiger partial charge in [-0.1, -0.05) is 59.9 Å². The number of fused-ring (bicyclic) bond motifs is 1. The number of rotatable bonds is 3. The minimum absolute atomic E-state index is 0.154. The molecule has 2 aliphatic heterocycles. The van der Waals surface area contributed by atoms with E-state index >= 15 is 0 Å². The average molecular weight is 438 g/mol. The monoisotopic (exact) mass is 437 g/mol. The number of carbonyl (C=O) groups is 3. The van der Waals surface area contributed by atoms with Crippen LogP contribution in [0.2, 0.25) is 0 Å². The van der Waals surface area contributed by atoms with Crippen molar-refractivity contribution in [1.29, 1.82) is 0 Å². The quantitative estimate of drug-likeness (QED) is 0.588. The number of amides is 3. The first-order valence-electron chi connectivity index (χ1n) is 9.30. The predicted octanol–water partition coefficient (Wildman–Crippen LogP) is 3.49. The maximum absolute atomic E-state index is 13.3. The maximum atomic E-state index is 13.3. The van der Waals surface area contributed by atoms with Crippen LogP contribution in [0, 0.1) is 13.8 Å². The minimum Gasteiger partial charge on any atom is -0.324 e. The van der Waals surface area contributed by atoms with E-state index in [1.165, 1.54) is 9.80 Å². The van der Waals surface area contributed by atoms with Crippen molar-refractivity contribution in [2.75, 3.05) is 23.8 Å². The van der Waals surface area contributed by atoms with Gasteiger partial charge in [0, 0.05) is 18.3 Å². The van der Waals surface area contributed by atoms with Crippen LogP contribution in [0.3, 0.4) is 0 Å². The van der Waals surface area contributed by atoms with Gasteiger partial charge in [0.15, 0.2) is 0 Å². The van der Waals surface area contributed by atoms with Gasteiger partial charge < -0.3 is 5.32 Å². The van der Waals surface area contributed by atoms with Gasteiger partial charge in [-0.05, 0) is 31.5 Å². The van der Waals surface area contributed by atoms with Crippen molar-refractivity contribution in [3.63, 3.8) is 0 Å². The number of thioether (sulfide) groups is 1. The number of carbonyl (C=O) groups excluding carboxylic acids is 3. The Morgan fingerprint density at radius 3 is 2.50 bits per heavy atom. The van der Waals surface area contributed by atoms with E-state index in [-0.39, 0.29) is 24.3 Å². The van der Waals surface area contributed by atoms with E-state index in [0.717, 1.165) is 22.9 Å². The summed E-state index contributed by atoms with van der Waals surface area (Å²) in [5, 5.41) is 2.87. The molecule has 152 valence electrons. The van der Waals surface area contributed by atoms with E-state index in [4.69, 9.17) is 12.2 Å². The molecule has 3 amide bonds. The smallest absolute Gasteiger partial charge is 0.266 e. The third-order valence-electron chi connectivity index (χ3n) is 5.07. The average Bonchev–Trinajstić information content (AvgIpc) is 3.12. The topological polar surface area (TPSA) is 69.7 Å². The van der Waals surface area contributed by atoms with Crippen LogP contribution >= 0.6 is 24.0 Å². The van der Waals surface area contributed by atoms with Crippen LogP contribution in [-0.4, -0.2) is 40.5 Å². The molecule has 6 nitrogen and oxygen atoms in total. The standard InChI is InChI=1S/C22H19N3O3S2/c1-12-8-9-15(13(2)10-12)23-17(26)11-25-16-7-5-4-6-14(16)18(20(25)27)19-21(28)24(3)22(29)30-19/h4-10H,11H2,1-3H3,(H,23,26). The van der Waals surface area contributed by atoms with E-state index in [1.807, 2.05) is 32.0 Å². The van der Waals surface area contributed by atoms with Crippen molar-refractivity contribution >= 4 is 63.0 Å². The first-order chi connectivity index (χ1) is 14.3. The van der Waals surface area contributed by atoms with Crippen LogP contribution in [0.5, 0.6) is 0 Å². The van der Waals surface area contributed by atoms with Crippen LogP contribution in [0.1, 0.15) is 16.7 Å². The molecule has 1 saturated heterocycles. The molecule has 0 bridgehead atoms. The summed E-state index contributed by atoms with van der Waals surface area (Å²) in [5.74, 6) is -0.986. The number of nitrogens with one attached hydrogen (secondary N) is 1. The normalized spacial score (nSPS) is 18.3. The van der Waals surface area contributed by atoms with Crippen molar-refractivity contribution in [3.05, 3.63) is 64.1 Å². The van der Waals surface area contributed by atoms with E-state index in [0.29, 0.717) is 31.7 Å². The van der Waals surface area contributed by atoms with Gasteiger partial charge in [-0.3, -0.25) is 24.2 Å². The van der Waals surface area contributed by atoms with Crippen LogP contribution in [-0.2, 0) is 14.4 Å². The Bertz CT molecular complexity index is 1160. The first-order valence-corrected chi connectivity index (χ1v) is 10.5. The maximum Gasteiger partial charge on any atom is 0.266 e. The Balaban J connectivity index is 1.65. The van der Waals surface area contributed by atoms with E-state index in [1.54, 1.807) is 31.3 Å². The number of aryl methyl sites for hydroxylation is 2. The molecule has 2 aromatic rings. The summed E-state index contributed by atoms with van der Waals surface area (Å²) in [6.45, 7) is 3.75. The number of thiocarbonyl (C=S) groups is 1. The van der Waals surface area contributed by atoms with Crippen LogP contribution < -0.4 is 10.2 Å². The van der Waals surface area contributed by atoms with Gasteiger partial charge in [0.05, 0.1) is 16.2 Å². The zero-order valence-electron chi connectivity index (χ0n) is 16.7. The van der Waals surface area contributed by atoms with Gasteiger partial charge in [0.25, 0.3) is 11.8 Å². The SMILES string of the molecule is Cc1ccc(NC(=O)CN2C(=O)C(=C3SC(=S)N(C)C3=O)c3ccccc32)c(C)c1. The third-order valence-corrected chi connectivity index (χ3v) is 6.63. The highest BCUT2D eigenvalue weighted by Crippen LogP contribution is 2.44. The summed E-state index contributed by atoms with van der Waals surface area (Å²) in [7, 11) is 1.59. The Morgan fingerprint density at radius 2 is 1.83 bits per heavy atom. The van der Waals surface area contributed by atoms with Gasteiger partial charge in [0.1, 0.15) is 10.9 Å². The highest BCUT2D eigenvalue weighted by molar-refractivity contribution is 8.26. The highest BCUT2D eigenvalue weighted by Gasteiger charge is 2.41. The van der Waals surface area contributed by atoms with Crippen LogP contribution in [0.25, 0.3) is 5.57 Å². The predicted molar refractivity (Wildman–Crippen MR) is 123 cm³/mol. The molecule has 0 spiro atoms. The minimum atomic E-state index is -0.374. The van der Waals surface area contributed by atoms with E-state index in [9.17, 15) is 14.4 Å². The number of likely N-dealkylation sites (N-methyl/N-ethyl adjacent to an activating group) is 1. The van der Waals surface area contributed by atoms with Crippen LogP contribution in [0.15, 0.2) is 47.4 Å². The number of nitrogens with zero attached hydrogens (tertiary/aromatic N) is 2. The summed E-state index contributed by atoms with van der Waals surface area (Å²) in [6.07, 6.45) is 0. The molecule has 0 radical (unpaired) electrons. The molecule has 2 aliphatic rings. The fraction of sp³-hybridized carbons (Fsp3) is 0.182. The third kappa shape index (κ3) is 3.42. The second-order valence-corrected chi connectivity index (χ2v) is 8.86. The summed E-state index contributed by atoms with van der Waals surface area (Å²) >= 11 is 6.32. The van der Waals surface area contributed by atoms with Crippen molar-refractivity contribution in [2.45, 2.75) is 13.8 Å². The van der Waals surface area contributed by atoms with Crippen molar-refractivity contribution < 1.29 is 14.4 Å². The zero-order valence-corrected chi connectivity index (χ0v) is 18.3. The van der Waals surface area contributed by atoms with Gasteiger partial charge in [-0.2, -0.15) is 0 Å². The fourth-order valence-electron chi connectivity index (χ4n) is 3.54. The van der Waals surface area contributed by atoms with Crippen molar-refractivity contribution in [3.8, 4) is 0 Å². The van der Waals surface area contributed by atoms with E-state index < -0.39 is 0 Å². The van der Waals surface area contributed by atoms with Gasteiger partial charge >= 0.3 is 0 Å². The van der Waals surface area contributed by atoms with E-state index in [2.05, 4.69) is 5.32 Å². The number of benzene rings is 2. The summed E-state index contributed by atoms with van der Waals surface area (Å²) in [4.78, 5) is 41.7. The van der Waals surface area contributed by atoms with Crippen LogP contribution in [0.4, 0.5) is 11.4 Å². The molecule has 0 unspecified atom stereocenters. The molecular formula is C22H19N3O3S2. The lowest BCUT2D eigenvalue weighted by atomic mass is 10.1. The fourth-order valence-corrected chi connectivity index (χ4v) is 4.79. The summed E-state index contributed by atoms with van der Waals surface area (Å²) < 4.78 is 0.402. The lowest BCUT2D eigenvalue weighted by Gasteiger charge is -2.17. The molecule has 0 aliphatic carbocycles. The number of para-hydroxylation sites is 1. The Kier molecular flexibility index (Phi) is 5.21. The second kappa shape index (κ2) is 7.70. The highest BCUT2D eigenvalue weighted by atomic mass is 32.2. The molecule has 1 fully saturated rings. The molecule has 8 heteroatoms. The lowest BCUT2D eigenvalue weighted by Crippen LogP contribution is -2.35. The van der Waals surface area contributed by atoms with Gasteiger partial charge in [-0.25, -0.2) is 0 Å². The van der Waals surface area contributed by atoms with Gasteiger partial charge in [-0.15, -0.1) is 0 Å².